The molecule has 1 saturated heterocycles. The quantitative estimate of drug-likeness (QED) is 0.708. The van der Waals surface area contributed by atoms with E-state index in [-0.39, 0.29) is 0 Å². The van der Waals surface area contributed by atoms with Gasteiger partial charge in [0.25, 0.3) is 0 Å². The van der Waals surface area contributed by atoms with Gasteiger partial charge in [0.05, 0.1) is 5.52 Å². The van der Waals surface area contributed by atoms with Gasteiger partial charge in [-0.3, -0.25) is 4.98 Å². The number of benzene rings is 1. The van der Waals surface area contributed by atoms with Crippen molar-refractivity contribution in [2.75, 3.05) is 0 Å². The maximum Gasteiger partial charge on any atom is 0.0529 e. The second-order valence-electron chi connectivity index (χ2n) is 7.85. The van der Waals surface area contributed by atoms with Gasteiger partial charge in [0, 0.05) is 47.7 Å². The fourth-order valence-corrected chi connectivity index (χ4v) is 4.65. The number of hydrogen-bond acceptors (Lipinski definition) is 2. The molecular weight excluding hydrogens is 318 g/mol. The number of rotatable bonds is 2. The number of aromatic nitrogens is 2. The zero-order valence-electron chi connectivity index (χ0n) is 15.5. The molecule has 1 aromatic carbocycles. The standard InChI is InChI=1S/C23H25N3/c1-15-6-9-21-19(12-15)23-20-5-3-4-18(25-20)13-22(23)26(21)11-10-17-8-7-16(2)24-14-17/h6-12,14,18,20,25H,3-5,13H2,1-2H3/b11-10+/t18-,20+/m0/s1. The molecule has 0 unspecified atom stereocenters. The van der Waals surface area contributed by atoms with Crippen molar-refractivity contribution in [3.05, 3.63) is 64.6 Å². The topological polar surface area (TPSA) is 29.9 Å². The summed E-state index contributed by atoms with van der Waals surface area (Å²) in [5, 5.41) is 5.29. The minimum atomic E-state index is 0.512. The van der Waals surface area contributed by atoms with Crippen molar-refractivity contribution >= 4 is 23.2 Å². The lowest BCUT2D eigenvalue weighted by atomic mass is 9.84. The van der Waals surface area contributed by atoms with Crippen LogP contribution in [0.25, 0.3) is 23.2 Å². The smallest absolute Gasteiger partial charge is 0.0529 e. The molecule has 26 heavy (non-hydrogen) atoms. The third-order valence-corrected chi connectivity index (χ3v) is 5.92. The second kappa shape index (κ2) is 6.10. The van der Waals surface area contributed by atoms with E-state index in [2.05, 4.69) is 64.4 Å². The summed E-state index contributed by atoms with van der Waals surface area (Å²) in [6, 6.07) is 12.2. The van der Waals surface area contributed by atoms with Crippen LogP contribution >= 0.6 is 0 Å². The van der Waals surface area contributed by atoms with Crippen molar-refractivity contribution in [1.29, 1.82) is 0 Å². The van der Waals surface area contributed by atoms with E-state index in [4.69, 9.17) is 0 Å². The van der Waals surface area contributed by atoms with E-state index in [0.717, 1.165) is 17.7 Å². The number of fused-ring (bicyclic) bond motifs is 6. The maximum absolute atomic E-state index is 4.42. The average Bonchev–Trinajstić information content (AvgIpc) is 2.94. The Balaban J connectivity index is 1.67. The largest absolute Gasteiger partial charge is 0.320 e. The highest BCUT2D eigenvalue weighted by Crippen LogP contribution is 2.41. The minimum absolute atomic E-state index is 0.512. The predicted molar refractivity (Wildman–Crippen MR) is 108 cm³/mol. The Kier molecular flexibility index (Phi) is 3.71. The molecule has 2 aromatic heterocycles. The first kappa shape index (κ1) is 15.8. The van der Waals surface area contributed by atoms with Gasteiger partial charge < -0.3 is 9.88 Å². The van der Waals surface area contributed by atoms with E-state index in [1.165, 1.54) is 47.0 Å². The predicted octanol–water partition coefficient (Wildman–Crippen LogP) is 5.02. The monoisotopic (exact) mass is 343 g/mol. The van der Waals surface area contributed by atoms with Crippen LogP contribution in [0.3, 0.4) is 0 Å². The van der Waals surface area contributed by atoms with Gasteiger partial charge >= 0.3 is 0 Å². The Bertz CT molecular complexity index is 994. The van der Waals surface area contributed by atoms with E-state index in [0.29, 0.717) is 12.1 Å². The molecule has 0 amide bonds. The van der Waals surface area contributed by atoms with Crippen molar-refractivity contribution in [3.63, 3.8) is 0 Å². The Labute approximate surface area is 154 Å². The van der Waals surface area contributed by atoms with Crippen LogP contribution < -0.4 is 5.32 Å². The number of piperidine rings is 1. The zero-order chi connectivity index (χ0) is 17.7. The normalized spacial score (nSPS) is 22.1. The van der Waals surface area contributed by atoms with Crippen LogP contribution in [0.5, 0.6) is 0 Å². The highest BCUT2D eigenvalue weighted by atomic mass is 15.0. The Morgan fingerprint density at radius 2 is 2.08 bits per heavy atom. The highest BCUT2D eigenvalue weighted by Gasteiger charge is 2.33. The molecule has 2 aliphatic heterocycles. The van der Waals surface area contributed by atoms with Gasteiger partial charge in [-0.1, -0.05) is 17.7 Å². The van der Waals surface area contributed by atoms with E-state index in [1.54, 1.807) is 0 Å². The summed E-state index contributed by atoms with van der Waals surface area (Å²) >= 11 is 0. The summed E-state index contributed by atoms with van der Waals surface area (Å²) in [5.74, 6) is 0. The molecule has 2 bridgehead atoms. The molecule has 0 aliphatic carbocycles. The van der Waals surface area contributed by atoms with Gasteiger partial charge in [-0.25, -0.2) is 0 Å². The van der Waals surface area contributed by atoms with Gasteiger partial charge in [-0.2, -0.15) is 0 Å². The molecule has 2 atom stereocenters. The third-order valence-electron chi connectivity index (χ3n) is 5.92. The zero-order valence-corrected chi connectivity index (χ0v) is 15.5. The summed E-state index contributed by atoms with van der Waals surface area (Å²) in [5.41, 5.74) is 7.89. The Hall–Kier alpha value is -2.39. The van der Waals surface area contributed by atoms with Crippen LogP contribution in [-0.4, -0.2) is 15.6 Å². The lowest BCUT2D eigenvalue weighted by molar-refractivity contribution is 0.301. The molecule has 2 aliphatic rings. The molecule has 3 heteroatoms. The summed E-state index contributed by atoms with van der Waals surface area (Å²) in [7, 11) is 0. The second-order valence-corrected chi connectivity index (χ2v) is 7.85. The van der Waals surface area contributed by atoms with Crippen LogP contribution in [0.4, 0.5) is 0 Å². The van der Waals surface area contributed by atoms with E-state index in [9.17, 15) is 0 Å². The number of nitrogens with one attached hydrogen (secondary N) is 1. The van der Waals surface area contributed by atoms with Gasteiger partial charge in [0.15, 0.2) is 0 Å². The number of hydrogen-bond donors (Lipinski definition) is 1. The highest BCUT2D eigenvalue weighted by molar-refractivity contribution is 5.90. The summed E-state index contributed by atoms with van der Waals surface area (Å²) in [6.07, 6.45) is 11.4. The molecule has 5 rings (SSSR count). The summed E-state index contributed by atoms with van der Waals surface area (Å²) in [4.78, 5) is 4.42. The first-order chi connectivity index (χ1) is 12.7. The van der Waals surface area contributed by atoms with Crippen molar-refractivity contribution < 1.29 is 0 Å². The van der Waals surface area contributed by atoms with Crippen molar-refractivity contribution in [1.82, 2.24) is 14.9 Å². The Morgan fingerprint density at radius 1 is 1.15 bits per heavy atom. The fraction of sp³-hybridized carbons (Fsp3) is 0.348. The average molecular weight is 343 g/mol. The molecule has 4 heterocycles. The minimum Gasteiger partial charge on any atom is -0.320 e. The van der Waals surface area contributed by atoms with E-state index < -0.39 is 0 Å². The first-order valence-electron chi connectivity index (χ1n) is 9.69. The molecule has 3 nitrogen and oxygen atoms in total. The van der Waals surface area contributed by atoms with E-state index >= 15 is 0 Å². The third kappa shape index (κ3) is 2.58. The fourth-order valence-electron chi connectivity index (χ4n) is 4.65. The van der Waals surface area contributed by atoms with Gasteiger partial charge in [0.1, 0.15) is 0 Å². The van der Waals surface area contributed by atoms with E-state index in [1.807, 2.05) is 13.1 Å². The van der Waals surface area contributed by atoms with Crippen molar-refractivity contribution in [3.8, 4) is 0 Å². The number of aryl methyl sites for hydroxylation is 2. The molecule has 1 N–H and O–H groups in total. The molecule has 3 aromatic rings. The van der Waals surface area contributed by atoms with Gasteiger partial charge in [-0.05, 0) is 68.5 Å². The van der Waals surface area contributed by atoms with Gasteiger partial charge in [0.2, 0.25) is 0 Å². The van der Waals surface area contributed by atoms with Gasteiger partial charge in [-0.15, -0.1) is 0 Å². The lowest BCUT2D eigenvalue weighted by Crippen LogP contribution is -2.42. The number of pyridine rings is 1. The Morgan fingerprint density at radius 3 is 2.92 bits per heavy atom. The molecule has 1 fully saturated rings. The van der Waals surface area contributed by atoms with Crippen molar-refractivity contribution in [2.24, 2.45) is 0 Å². The van der Waals surface area contributed by atoms with Crippen LogP contribution in [0.15, 0.2) is 36.5 Å². The van der Waals surface area contributed by atoms with Crippen LogP contribution in [-0.2, 0) is 6.42 Å². The molecule has 132 valence electrons. The summed E-state index contributed by atoms with van der Waals surface area (Å²) in [6.45, 7) is 4.22. The summed E-state index contributed by atoms with van der Waals surface area (Å²) < 4.78 is 2.43. The SMILES string of the molecule is Cc1ccc2c(c1)c1c(n2/C=C/c2ccc(C)nc2)C[C@@H]2CCC[C@H]1N2. The first-order valence-corrected chi connectivity index (χ1v) is 9.69. The molecule has 0 saturated carbocycles. The number of nitrogens with zero attached hydrogens (tertiary/aromatic N) is 2. The van der Waals surface area contributed by atoms with Crippen LogP contribution in [0, 0.1) is 13.8 Å². The van der Waals surface area contributed by atoms with Crippen molar-refractivity contribution in [2.45, 2.75) is 51.6 Å². The van der Waals surface area contributed by atoms with Crippen LogP contribution in [0.1, 0.15) is 53.4 Å². The maximum atomic E-state index is 4.42. The molecular formula is C23H25N3. The van der Waals surface area contributed by atoms with Crippen LogP contribution in [0.2, 0.25) is 0 Å². The molecule has 0 radical (unpaired) electrons. The lowest BCUT2D eigenvalue weighted by Gasteiger charge is -2.36. The molecule has 0 spiro atoms.